The summed E-state index contributed by atoms with van der Waals surface area (Å²) in [6.07, 6.45) is 5.38. The number of rotatable bonds is 8. The Morgan fingerprint density at radius 1 is 1.26 bits per heavy atom. The van der Waals surface area contributed by atoms with Crippen LogP contribution in [0.3, 0.4) is 0 Å². The Morgan fingerprint density at radius 3 is 2.83 bits per heavy atom. The zero-order valence-corrected chi connectivity index (χ0v) is 14.2. The van der Waals surface area contributed by atoms with Crippen LogP contribution in [0.1, 0.15) is 18.9 Å². The van der Waals surface area contributed by atoms with Crippen LogP contribution in [-0.2, 0) is 11.3 Å². The molecule has 5 heteroatoms. The summed E-state index contributed by atoms with van der Waals surface area (Å²) in [6.45, 7) is 7.22. The highest BCUT2D eigenvalue weighted by atomic mass is 16.5. The van der Waals surface area contributed by atoms with Crippen molar-refractivity contribution >= 4 is 11.6 Å². The molecule has 0 aliphatic carbocycles. The van der Waals surface area contributed by atoms with Crippen LogP contribution in [0.4, 0.5) is 5.69 Å². The monoisotopic (exact) mass is 316 g/mol. The van der Waals surface area contributed by atoms with Gasteiger partial charge in [-0.15, -0.1) is 0 Å². The van der Waals surface area contributed by atoms with E-state index in [1.165, 1.54) is 11.3 Å². The molecule has 1 aromatic rings. The maximum atomic E-state index is 5.06. The second kappa shape index (κ2) is 9.90. The molecule has 0 bridgehead atoms. The molecule has 0 aromatic heterocycles. The minimum atomic E-state index is 0.675. The van der Waals surface area contributed by atoms with Crippen molar-refractivity contribution in [1.82, 2.24) is 10.6 Å². The lowest BCUT2D eigenvalue weighted by atomic mass is 10.2. The molecule has 0 amide bonds. The Hall–Kier alpha value is -2.01. The molecule has 0 spiro atoms. The van der Waals surface area contributed by atoms with Gasteiger partial charge in [-0.25, -0.2) is 4.99 Å². The van der Waals surface area contributed by atoms with Gasteiger partial charge in [-0.3, -0.25) is 0 Å². The topological polar surface area (TPSA) is 48.9 Å². The number of hydrogen-bond acceptors (Lipinski definition) is 3. The standard InChI is InChI=1S/C18H28N4O/c1-3-19-18(20-10-7-13-23-2)21-15-16-8-6-9-17(14-16)22-11-4-5-12-22/h4-6,8-9,14H,3,7,10-13,15H2,1-2H3,(H2,19,20,21). The van der Waals surface area contributed by atoms with E-state index in [4.69, 9.17) is 4.74 Å². The van der Waals surface area contributed by atoms with Gasteiger partial charge < -0.3 is 20.3 Å². The lowest BCUT2D eigenvalue weighted by Crippen LogP contribution is -2.38. The Bertz CT molecular complexity index is 520. The largest absolute Gasteiger partial charge is 0.385 e. The van der Waals surface area contributed by atoms with Crippen molar-refractivity contribution in [3.05, 3.63) is 42.0 Å². The lowest BCUT2D eigenvalue weighted by molar-refractivity contribution is 0.195. The Morgan fingerprint density at radius 2 is 2.09 bits per heavy atom. The molecule has 1 aromatic carbocycles. The zero-order valence-electron chi connectivity index (χ0n) is 14.2. The quantitative estimate of drug-likeness (QED) is 0.334. The van der Waals surface area contributed by atoms with Crippen LogP contribution in [-0.4, -0.2) is 45.9 Å². The van der Waals surface area contributed by atoms with Crippen LogP contribution in [0.5, 0.6) is 0 Å². The van der Waals surface area contributed by atoms with Crippen molar-refractivity contribution in [2.75, 3.05) is 44.8 Å². The first-order chi connectivity index (χ1) is 11.3. The molecule has 0 fully saturated rings. The van der Waals surface area contributed by atoms with Crippen LogP contribution in [0, 0.1) is 0 Å². The summed E-state index contributed by atoms with van der Waals surface area (Å²) < 4.78 is 5.06. The van der Waals surface area contributed by atoms with Crippen molar-refractivity contribution in [2.45, 2.75) is 19.9 Å². The number of nitrogens with one attached hydrogen (secondary N) is 2. The number of hydrogen-bond donors (Lipinski definition) is 2. The van der Waals surface area contributed by atoms with E-state index in [2.05, 4.69) is 63.9 Å². The molecular weight excluding hydrogens is 288 g/mol. The van der Waals surface area contributed by atoms with Gasteiger partial charge in [-0.1, -0.05) is 24.3 Å². The highest BCUT2D eigenvalue weighted by molar-refractivity contribution is 5.79. The zero-order chi connectivity index (χ0) is 16.3. The minimum absolute atomic E-state index is 0.675. The van der Waals surface area contributed by atoms with E-state index >= 15 is 0 Å². The van der Waals surface area contributed by atoms with E-state index in [1.54, 1.807) is 7.11 Å². The summed E-state index contributed by atoms with van der Waals surface area (Å²) in [6, 6.07) is 8.63. The van der Waals surface area contributed by atoms with Crippen LogP contribution in [0.15, 0.2) is 41.4 Å². The van der Waals surface area contributed by atoms with Gasteiger partial charge >= 0.3 is 0 Å². The average molecular weight is 316 g/mol. The molecule has 0 radical (unpaired) electrons. The molecule has 2 rings (SSSR count). The Balaban J connectivity index is 1.91. The predicted octanol–water partition coefficient (Wildman–Crippen LogP) is 2.15. The Kier molecular flexibility index (Phi) is 7.46. The minimum Gasteiger partial charge on any atom is -0.385 e. The van der Waals surface area contributed by atoms with Crippen LogP contribution >= 0.6 is 0 Å². The van der Waals surface area contributed by atoms with Crippen molar-refractivity contribution < 1.29 is 4.74 Å². The van der Waals surface area contributed by atoms with E-state index in [0.717, 1.165) is 45.2 Å². The molecule has 5 nitrogen and oxygen atoms in total. The fraction of sp³-hybridized carbons (Fsp3) is 0.500. The summed E-state index contributed by atoms with van der Waals surface area (Å²) in [5.41, 5.74) is 2.49. The average Bonchev–Trinajstić information content (AvgIpc) is 3.11. The maximum Gasteiger partial charge on any atom is 0.191 e. The van der Waals surface area contributed by atoms with Gasteiger partial charge in [-0.05, 0) is 31.0 Å². The molecule has 0 saturated heterocycles. The summed E-state index contributed by atoms with van der Waals surface area (Å²) in [4.78, 5) is 7.02. The predicted molar refractivity (Wildman–Crippen MR) is 97.1 cm³/mol. The number of aliphatic imine (C=N–C) groups is 1. The van der Waals surface area contributed by atoms with Crippen molar-refractivity contribution in [1.29, 1.82) is 0 Å². The third-order valence-electron chi connectivity index (χ3n) is 3.68. The van der Waals surface area contributed by atoms with Crippen molar-refractivity contribution in [3.8, 4) is 0 Å². The van der Waals surface area contributed by atoms with Crippen LogP contribution in [0.2, 0.25) is 0 Å². The fourth-order valence-electron chi connectivity index (χ4n) is 2.48. The summed E-state index contributed by atoms with van der Waals surface area (Å²) in [7, 11) is 1.72. The van der Waals surface area contributed by atoms with Gasteiger partial charge in [0, 0.05) is 45.6 Å². The third-order valence-corrected chi connectivity index (χ3v) is 3.68. The lowest BCUT2D eigenvalue weighted by Gasteiger charge is -2.18. The van der Waals surface area contributed by atoms with E-state index in [9.17, 15) is 0 Å². The number of nitrogens with zero attached hydrogens (tertiary/aromatic N) is 2. The number of anilines is 1. The van der Waals surface area contributed by atoms with Gasteiger partial charge in [0.15, 0.2) is 5.96 Å². The number of ether oxygens (including phenoxy) is 1. The molecule has 0 saturated carbocycles. The van der Waals surface area contributed by atoms with Gasteiger partial charge in [0.1, 0.15) is 0 Å². The molecule has 1 heterocycles. The highest BCUT2D eigenvalue weighted by Gasteiger charge is 2.07. The van der Waals surface area contributed by atoms with Crippen LogP contribution in [0.25, 0.3) is 0 Å². The molecule has 0 atom stereocenters. The SMILES string of the molecule is CCNC(=NCc1cccc(N2CC=CC2)c1)NCCCOC. The fourth-order valence-corrected chi connectivity index (χ4v) is 2.48. The first kappa shape index (κ1) is 17.3. The van der Waals surface area contributed by atoms with Crippen molar-refractivity contribution in [2.24, 2.45) is 4.99 Å². The smallest absolute Gasteiger partial charge is 0.191 e. The third kappa shape index (κ3) is 5.94. The molecular formula is C18H28N4O. The maximum absolute atomic E-state index is 5.06. The van der Waals surface area contributed by atoms with E-state index in [1.807, 2.05) is 0 Å². The van der Waals surface area contributed by atoms with E-state index in [-0.39, 0.29) is 0 Å². The first-order valence-electron chi connectivity index (χ1n) is 8.33. The number of methoxy groups -OCH3 is 1. The molecule has 126 valence electrons. The van der Waals surface area contributed by atoms with Crippen LogP contribution < -0.4 is 15.5 Å². The number of benzene rings is 1. The summed E-state index contributed by atoms with van der Waals surface area (Å²) in [5, 5.41) is 6.61. The normalized spacial score (nSPS) is 14.3. The molecule has 1 aliphatic rings. The number of guanidine groups is 1. The molecule has 2 N–H and O–H groups in total. The second-order valence-corrected chi connectivity index (χ2v) is 5.51. The van der Waals surface area contributed by atoms with Crippen molar-refractivity contribution in [3.63, 3.8) is 0 Å². The van der Waals surface area contributed by atoms with E-state index < -0.39 is 0 Å². The van der Waals surface area contributed by atoms with E-state index in [0.29, 0.717) is 6.54 Å². The van der Waals surface area contributed by atoms with Gasteiger partial charge in [0.05, 0.1) is 6.54 Å². The highest BCUT2D eigenvalue weighted by Crippen LogP contribution is 2.18. The second-order valence-electron chi connectivity index (χ2n) is 5.51. The molecule has 1 aliphatic heterocycles. The first-order valence-corrected chi connectivity index (χ1v) is 8.33. The van der Waals surface area contributed by atoms with Gasteiger partial charge in [0.25, 0.3) is 0 Å². The summed E-state index contributed by atoms with van der Waals surface area (Å²) >= 11 is 0. The van der Waals surface area contributed by atoms with Gasteiger partial charge in [0.2, 0.25) is 0 Å². The van der Waals surface area contributed by atoms with Gasteiger partial charge in [-0.2, -0.15) is 0 Å². The molecule has 23 heavy (non-hydrogen) atoms. The summed E-state index contributed by atoms with van der Waals surface area (Å²) in [5.74, 6) is 0.858. The Labute approximate surface area is 139 Å². The molecule has 0 unspecified atom stereocenters.